The first-order valence-corrected chi connectivity index (χ1v) is 8.36. The lowest BCUT2D eigenvalue weighted by Crippen LogP contribution is -2.32. The summed E-state index contributed by atoms with van der Waals surface area (Å²) in [5.41, 5.74) is 5.80. The van der Waals surface area contributed by atoms with Gasteiger partial charge in [-0.05, 0) is 43.2 Å². The predicted octanol–water partition coefficient (Wildman–Crippen LogP) is 2.48. The third-order valence-electron chi connectivity index (χ3n) is 3.76. The van der Waals surface area contributed by atoms with Gasteiger partial charge in [-0.2, -0.15) is 0 Å². The van der Waals surface area contributed by atoms with Crippen molar-refractivity contribution in [1.82, 2.24) is 10.4 Å². The lowest BCUT2D eigenvalue weighted by atomic mass is 10.1. The zero-order valence-corrected chi connectivity index (χ0v) is 14.1. The molecule has 1 aliphatic heterocycles. The van der Waals surface area contributed by atoms with Crippen LogP contribution in [-0.2, 0) is 4.79 Å². The van der Waals surface area contributed by atoms with Gasteiger partial charge in [0.2, 0.25) is 5.91 Å². The van der Waals surface area contributed by atoms with E-state index < -0.39 is 0 Å². The number of rotatable bonds is 3. The number of carbonyl (C=O) groups is 2. The summed E-state index contributed by atoms with van der Waals surface area (Å²) in [6, 6.07) is 9.11. The molecule has 0 aliphatic carbocycles. The Labute approximate surface area is 144 Å². The Hall–Kier alpha value is -2.67. The molecule has 2 heterocycles. The van der Waals surface area contributed by atoms with Crippen LogP contribution in [0.4, 0.5) is 5.69 Å². The Bertz CT molecular complexity index is 821. The van der Waals surface area contributed by atoms with E-state index >= 15 is 0 Å². The van der Waals surface area contributed by atoms with Crippen LogP contribution in [0.5, 0.6) is 0 Å². The van der Waals surface area contributed by atoms with E-state index in [4.69, 9.17) is 0 Å². The zero-order chi connectivity index (χ0) is 17.1. The Balaban J connectivity index is 1.85. The second kappa shape index (κ2) is 6.84. The minimum atomic E-state index is -0.364. The molecule has 1 N–H and O–H groups in total. The predicted molar refractivity (Wildman–Crippen MR) is 95.0 cm³/mol. The lowest BCUT2D eigenvalue weighted by molar-refractivity contribution is -0.115. The Kier molecular flexibility index (Phi) is 4.61. The van der Waals surface area contributed by atoms with Crippen molar-refractivity contribution in [1.29, 1.82) is 0 Å². The number of aromatic nitrogens is 1. The molecule has 0 radical (unpaired) electrons. The molecule has 24 heavy (non-hydrogen) atoms. The highest BCUT2D eigenvalue weighted by molar-refractivity contribution is 8.15. The van der Waals surface area contributed by atoms with Crippen LogP contribution in [0.1, 0.15) is 21.5 Å². The molecule has 0 spiro atoms. The van der Waals surface area contributed by atoms with E-state index in [1.807, 2.05) is 32.0 Å². The van der Waals surface area contributed by atoms with Crippen molar-refractivity contribution < 1.29 is 9.59 Å². The molecule has 7 heteroatoms. The van der Waals surface area contributed by atoms with Crippen molar-refractivity contribution in [3.05, 3.63) is 59.4 Å². The number of carbonyl (C=O) groups excluding carboxylic acids is 2. The topological polar surface area (TPSA) is 74.7 Å². The highest BCUT2D eigenvalue weighted by Crippen LogP contribution is 2.30. The van der Waals surface area contributed by atoms with E-state index in [9.17, 15) is 9.59 Å². The minimum absolute atomic E-state index is 0.0527. The van der Waals surface area contributed by atoms with Crippen LogP contribution in [0.2, 0.25) is 0 Å². The molecule has 2 amide bonds. The Morgan fingerprint density at radius 3 is 2.88 bits per heavy atom. The van der Waals surface area contributed by atoms with Gasteiger partial charge in [0.25, 0.3) is 5.91 Å². The van der Waals surface area contributed by atoms with Gasteiger partial charge in [0.1, 0.15) is 0 Å². The van der Waals surface area contributed by atoms with Crippen molar-refractivity contribution in [2.75, 3.05) is 10.7 Å². The first kappa shape index (κ1) is 16.2. The van der Waals surface area contributed by atoms with Gasteiger partial charge >= 0.3 is 0 Å². The number of amidine groups is 1. The molecule has 3 rings (SSSR count). The standard InChI is InChI=1S/C17H16N4O2S/c1-11-5-3-7-14(12(11)2)21-15(22)10-24-17(21)20-19-16(23)13-6-4-8-18-9-13/h3-9H,10H2,1-2H3,(H,19,23)/b20-17+. The van der Waals surface area contributed by atoms with Crippen molar-refractivity contribution in [2.24, 2.45) is 5.10 Å². The van der Waals surface area contributed by atoms with Crippen molar-refractivity contribution in [3.63, 3.8) is 0 Å². The fourth-order valence-electron chi connectivity index (χ4n) is 2.32. The largest absolute Gasteiger partial charge is 0.273 e. The molecular formula is C17H16N4O2S. The fourth-order valence-corrected chi connectivity index (χ4v) is 3.14. The molecular weight excluding hydrogens is 324 g/mol. The summed E-state index contributed by atoms with van der Waals surface area (Å²) < 4.78 is 0. The quantitative estimate of drug-likeness (QED) is 0.871. The van der Waals surface area contributed by atoms with Gasteiger partial charge in [0.15, 0.2) is 5.17 Å². The maximum absolute atomic E-state index is 12.3. The van der Waals surface area contributed by atoms with Crippen LogP contribution in [0.15, 0.2) is 47.8 Å². The van der Waals surface area contributed by atoms with E-state index in [-0.39, 0.29) is 11.8 Å². The van der Waals surface area contributed by atoms with Gasteiger partial charge in [-0.1, -0.05) is 23.9 Å². The number of hydrogen-bond acceptors (Lipinski definition) is 5. The number of nitrogens with zero attached hydrogens (tertiary/aromatic N) is 3. The number of nitrogens with one attached hydrogen (secondary N) is 1. The summed E-state index contributed by atoms with van der Waals surface area (Å²) in [5, 5.41) is 4.60. The maximum atomic E-state index is 12.3. The van der Waals surface area contributed by atoms with Crippen LogP contribution in [-0.4, -0.2) is 27.7 Å². The smallest absolute Gasteiger partial charge is 0.273 e. The molecule has 122 valence electrons. The number of thioether (sulfide) groups is 1. The van der Waals surface area contributed by atoms with Crippen LogP contribution in [0.3, 0.4) is 0 Å². The van der Waals surface area contributed by atoms with Crippen LogP contribution in [0, 0.1) is 13.8 Å². The molecule has 6 nitrogen and oxygen atoms in total. The number of pyridine rings is 1. The third kappa shape index (κ3) is 3.16. The van der Waals surface area contributed by atoms with E-state index in [0.29, 0.717) is 16.5 Å². The average Bonchev–Trinajstić information content (AvgIpc) is 2.96. The normalized spacial score (nSPS) is 15.8. The second-order valence-corrected chi connectivity index (χ2v) is 6.26. The summed E-state index contributed by atoms with van der Waals surface area (Å²) in [6.45, 7) is 3.96. The van der Waals surface area contributed by atoms with Crippen molar-refractivity contribution >= 4 is 34.4 Å². The Morgan fingerprint density at radius 2 is 2.12 bits per heavy atom. The molecule has 1 saturated heterocycles. The van der Waals surface area contributed by atoms with Gasteiger partial charge in [-0.25, -0.2) is 5.43 Å². The zero-order valence-electron chi connectivity index (χ0n) is 13.3. The monoisotopic (exact) mass is 340 g/mol. The van der Waals surface area contributed by atoms with Gasteiger partial charge < -0.3 is 0 Å². The van der Waals surface area contributed by atoms with E-state index in [2.05, 4.69) is 15.5 Å². The summed E-state index contributed by atoms with van der Waals surface area (Å²) in [4.78, 5) is 29.8. The van der Waals surface area contributed by atoms with Crippen LogP contribution >= 0.6 is 11.8 Å². The minimum Gasteiger partial charge on any atom is -0.273 e. The maximum Gasteiger partial charge on any atom is 0.273 e. The second-order valence-electron chi connectivity index (χ2n) is 5.31. The molecule has 1 aromatic heterocycles. The lowest BCUT2D eigenvalue weighted by Gasteiger charge is -2.19. The van der Waals surface area contributed by atoms with Crippen molar-refractivity contribution in [2.45, 2.75) is 13.8 Å². The number of benzene rings is 1. The molecule has 0 saturated carbocycles. The van der Waals surface area contributed by atoms with E-state index in [0.717, 1.165) is 16.8 Å². The first-order valence-electron chi connectivity index (χ1n) is 7.38. The van der Waals surface area contributed by atoms with Gasteiger partial charge in [0, 0.05) is 12.4 Å². The van der Waals surface area contributed by atoms with Crippen LogP contribution in [0.25, 0.3) is 0 Å². The third-order valence-corrected chi connectivity index (χ3v) is 4.68. The first-order chi connectivity index (χ1) is 11.6. The number of hydrazone groups is 1. The molecule has 0 unspecified atom stereocenters. The van der Waals surface area contributed by atoms with Gasteiger partial charge in [-0.3, -0.25) is 19.5 Å². The SMILES string of the molecule is Cc1cccc(N2C(=O)CS/C2=N/NC(=O)c2cccnc2)c1C. The highest BCUT2D eigenvalue weighted by atomic mass is 32.2. The van der Waals surface area contributed by atoms with E-state index in [1.54, 1.807) is 23.2 Å². The van der Waals surface area contributed by atoms with Crippen LogP contribution < -0.4 is 10.3 Å². The molecule has 1 fully saturated rings. The summed E-state index contributed by atoms with van der Waals surface area (Å²) in [6.07, 6.45) is 3.06. The van der Waals surface area contributed by atoms with Crippen molar-refractivity contribution in [3.8, 4) is 0 Å². The van der Waals surface area contributed by atoms with Gasteiger partial charge in [0.05, 0.1) is 17.0 Å². The number of anilines is 1. The van der Waals surface area contributed by atoms with E-state index in [1.165, 1.54) is 18.0 Å². The number of amides is 2. The number of hydrogen-bond donors (Lipinski definition) is 1. The summed E-state index contributed by atoms with van der Waals surface area (Å²) in [5.74, 6) is -0.117. The summed E-state index contributed by atoms with van der Waals surface area (Å²) in [7, 11) is 0. The average molecular weight is 340 g/mol. The molecule has 0 bridgehead atoms. The highest BCUT2D eigenvalue weighted by Gasteiger charge is 2.31. The molecule has 1 aliphatic rings. The van der Waals surface area contributed by atoms with Gasteiger partial charge in [-0.15, -0.1) is 5.10 Å². The summed E-state index contributed by atoms with van der Waals surface area (Å²) >= 11 is 1.30. The number of aryl methyl sites for hydroxylation is 1. The molecule has 2 aromatic rings. The fraction of sp³-hybridized carbons (Fsp3) is 0.176. The Morgan fingerprint density at radius 1 is 1.29 bits per heavy atom. The molecule has 0 atom stereocenters. The molecule has 1 aromatic carbocycles.